The van der Waals surface area contributed by atoms with E-state index in [1.807, 2.05) is 0 Å². The second-order valence-corrected chi connectivity index (χ2v) is 4.43. The van der Waals surface area contributed by atoms with Crippen molar-refractivity contribution in [1.29, 1.82) is 0 Å². The molecule has 1 aliphatic rings. The van der Waals surface area contributed by atoms with Gasteiger partial charge in [0.1, 0.15) is 5.82 Å². The minimum atomic E-state index is -0.814. The molecule has 7 nitrogen and oxygen atoms in total. The maximum atomic E-state index is 13.3. The lowest BCUT2D eigenvalue weighted by Gasteiger charge is -2.32. The largest absolute Gasteiger partial charge is 0.373 e. The Hall–Kier alpha value is -2.06. The molecule has 1 unspecified atom stereocenters. The molecule has 0 bridgehead atoms. The Balaban J connectivity index is 2.22. The summed E-state index contributed by atoms with van der Waals surface area (Å²) in [6, 6.07) is 2.83. The van der Waals surface area contributed by atoms with Crippen LogP contribution in [0.15, 0.2) is 18.2 Å². The highest BCUT2D eigenvalue weighted by Crippen LogP contribution is 2.18. The number of carbonyl (C=O) groups is 1. The molecule has 0 spiro atoms. The second-order valence-electron chi connectivity index (χ2n) is 4.43. The average Bonchev–Trinajstić information content (AvgIpc) is 2.45. The van der Waals surface area contributed by atoms with Crippen molar-refractivity contribution < 1.29 is 18.8 Å². The Morgan fingerprint density at radius 1 is 1.55 bits per heavy atom. The third kappa shape index (κ3) is 3.09. The van der Waals surface area contributed by atoms with Crippen LogP contribution in [-0.2, 0) is 4.74 Å². The first-order chi connectivity index (χ1) is 9.51. The summed E-state index contributed by atoms with van der Waals surface area (Å²) in [6.45, 7) is 1.25. The van der Waals surface area contributed by atoms with Crippen LogP contribution >= 0.6 is 0 Å². The number of morpholine rings is 1. The summed E-state index contributed by atoms with van der Waals surface area (Å²) >= 11 is 0. The van der Waals surface area contributed by atoms with Crippen LogP contribution in [-0.4, -0.2) is 48.1 Å². The number of ether oxygens (including phenoxy) is 1. The van der Waals surface area contributed by atoms with E-state index in [1.165, 1.54) is 4.90 Å². The van der Waals surface area contributed by atoms with E-state index in [4.69, 9.17) is 10.5 Å². The third-order valence-corrected chi connectivity index (χ3v) is 3.03. The smallest absolute Gasteiger partial charge is 0.273 e. The lowest BCUT2D eigenvalue weighted by atomic mass is 10.1. The quantitative estimate of drug-likeness (QED) is 0.644. The maximum absolute atomic E-state index is 13.3. The summed E-state index contributed by atoms with van der Waals surface area (Å²) in [4.78, 5) is 23.6. The molecule has 2 rings (SSSR count). The molecule has 0 saturated carbocycles. The van der Waals surface area contributed by atoms with Crippen LogP contribution in [0.4, 0.5) is 10.1 Å². The molecule has 20 heavy (non-hydrogen) atoms. The van der Waals surface area contributed by atoms with Crippen LogP contribution in [0, 0.1) is 15.9 Å². The number of hydrogen-bond acceptors (Lipinski definition) is 5. The topological polar surface area (TPSA) is 98.7 Å². The van der Waals surface area contributed by atoms with Gasteiger partial charge in [0.25, 0.3) is 11.6 Å². The van der Waals surface area contributed by atoms with Crippen LogP contribution < -0.4 is 5.73 Å². The van der Waals surface area contributed by atoms with E-state index in [9.17, 15) is 19.3 Å². The summed E-state index contributed by atoms with van der Waals surface area (Å²) in [5.74, 6) is -1.28. The molecule has 1 aromatic carbocycles. The monoisotopic (exact) mass is 283 g/mol. The second kappa shape index (κ2) is 5.93. The molecule has 0 aromatic heterocycles. The molecule has 1 heterocycles. The average molecular weight is 283 g/mol. The van der Waals surface area contributed by atoms with Gasteiger partial charge in [0.2, 0.25) is 0 Å². The van der Waals surface area contributed by atoms with Crippen molar-refractivity contribution >= 4 is 11.6 Å². The molecule has 8 heteroatoms. The molecular formula is C12H14FN3O4. The molecule has 1 aliphatic heterocycles. The predicted octanol–water partition coefficient (Wildman–Crippen LogP) is 0.534. The van der Waals surface area contributed by atoms with Gasteiger partial charge in [-0.05, 0) is 6.07 Å². The minimum Gasteiger partial charge on any atom is -0.373 e. The Morgan fingerprint density at radius 3 is 2.95 bits per heavy atom. The molecule has 1 aromatic rings. The first-order valence-corrected chi connectivity index (χ1v) is 6.07. The summed E-state index contributed by atoms with van der Waals surface area (Å²) in [6.07, 6.45) is -0.267. The van der Waals surface area contributed by atoms with Crippen molar-refractivity contribution in [2.75, 3.05) is 26.2 Å². The number of halogens is 1. The van der Waals surface area contributed by atoms with Crippen molar-refractivity contribution in [1.82, 2.24) is 4.90 Å². The molecular weight excluding hydrogens is 269 g/mol. The van der Waals surface area contributed by atoms with Gasteiger partial charge in [-0.25, -0.2) is 4.39 Å². The maximum Gasteiger partial charge on any atom is 0.273 e. The fourth-order valence-corrected chi connectivity index (χ4v) is 2.03. The fourth-order valence-electron chi connectivity index (χ4n) is 2.03. The number of benzene rings is 1. The zero-order chi connectivity index (χ0) is 14.7. The highest BCUT2D eigenvalue weighted by molar-refractivity contribution is 5.95. The molecule has 1 fully saturated rings. The number of rotatable bonds is 3. The number of carbonyl (C=O) groups excluding carboxylic acids is 1. The minimum absolute atomic E-state index is 0.0469. The highest BCUT2D eigenvalue weighted by atomic mass is 19.1. The van der Waals surface area contributed by atoms with Gasteiger partial charge in [-0.1, -0.05) is 0 Å². The van der Waals surface area contributed by atoms with Gasteiger partial charge in [0.05, 0.1) is 23.7 Å². The molecule has 2 N–H and O–H groups in total. The number of nitrogens with two attached hydrogens (primary N) is 1. The zero-order valence-electron chi connectivity index (χ0n) is 10.6. The SMILES string of the molecule is NCC1CN(C(=O)c2cc(F)cc([N+](=O)[O-])c2)CCO1. The molecule has 1 saturated heterocycles. The standard InChI is InChI=1S/C12H14FN3O4/c13-9-3-8(4-10(5-9)16(18)19)12(17)15-1-2-20-11(6-14)7-15/h3-5,11H,1-2,6-7,14H2. The van der Waals surface area contributed by atoms with Crippen LogP contribution in [0.5, 0.6) is 0 Å². The van der Waals surface area contributed by atoms with Crippen molar-refractivity contribution in [3.8, 4) is 0 Å². The van der Waals surface area contributed by atoms with Gasteiger partial charge in [-0.3, -0.25) is 14.9 Å². The summed E-state index contributed by atoms with van der Waals surface area (Å²) in [5, 5.41) is 10.7. The van der Waals surface area contributed by atoms with E-state index in [1.54, 1.807) is 0 Å². The Kier molecular flexibility index (Phi) is 4.26. The number of amides is 1. The van der Waals surface area contributed by atoms with Crippen LogP contribution in [0.3, 0.4) is 0 Å². The van der Waals surface area contributed by atoms with Gasteiger partial charge in [-0.2, -0.15) is 0 Å². The summed E-state index contributed by atoms with van der Waals surface area (Å²) < 4.78 is 18.7. The van der Waals surface area contributed by atoms with E-state index >= 15 is 0 Å². The molecule has 108 valence electrons. The Morgan fingerprint density at radius 2 is 2.30 bits per heavy atom. The normalized spacial score (nSPS) is 18.9. The van der Waals surface area contributed by atoms with Gasteiger partial charge in [0.15, 0.2) is 0 Å². The number of hydrogen-bond donors (Lipinski definition) is 1. The van der Waals surface area contributed by atoms with Crippen molar-refractivity contribution in [2.24, 2.45) is 5.73 Å². The molecule has 1 amide bonds. The van der Waals surface area contributed by atoms with E-state index in [2.05, 4.69) is 0 Å². The highest BCUT2D eigenvalue weighted by Gasteiger charge is 2.25. The van der Waals surface area contributed by atoms with E-state index in [-0.39, 0.29) is 18.2 Å². The first-order valence-electron chi connectivity index (χ1n) is 6.07. The predicted molar refractivity (Wildman–Crippen MR) is 67.8 cm³/mol. The lowest BCUT2D eigenvalue weighted by molar-refractivity contribution is -0.385. The Bertz CT molecular complexity index is 537. The number of nitrogens with zero attached hydrogens (tertiary/aromatic N) is 2. The van der Waals surface area contributed by atoms with E-state index in [0.717, 1.165) is 18.2 Å². The molecule has 1 atom stereocenters. The third-order valence-electron chi connectivity index (χ3n) is 3.03. The van der Waals surface area contributed by atoms with Crippen molar-refractivity contribution in [3.63, 3.8) is 0 Å². The van der Waals surface area contributed by atoms with Gasteiger partial charge in [-0.15, -0.1) is 0 Å². The molecule has 0 aliphatic carbocycles. The number of non-ortho nitro benzene ring substituents is 1. The Labute approximate surface area is 114 Å². The van der Waals surface area contributed by atoms with Gasteiger partial charge in [0, 0.05) is 31.3 Å². The molecule has 0 radical (unpaired) electrons. The zero-order valence-corrected chi connectivity index (χ0v) is 10.6. The van der Waals surface area contributed by atoms with Crippen LogP contribution in [0.25, 0.3) is 0 Å². The van der Waals surface area contributed by atoms with Crippen LogP contribution in [0.2, 0.25) is 0 Å². The van der Waals surface area contributed by atoms with Crippen LogP contribution in [0.1, 0.15) is 10.4 Å². The summed E-state index contributed by atoms with van der Waals surface area (Å²) in [5.41, 5.74) is 4.99. The number of nitro groups is 1. The number of nitro benzene ring substituents is 1. The summed E-state index contributed by atoms with van der Waals surface area (Å²) in [7, 11) is 0. The van der Waals surface area contributed by atoms with E-state index < -0.39 is 22.3 Å². The first kappa shape index (κ1) is 14.4. The fraction of sp³-hybridized carbons (Fsp3) is 0.417. The van der Waals surface area contributed by atoms with Crippen molar-refractivity contribution in [2.45, 2.75) is 6.10 Å². The van der Waals surface area contributed by atoms with Gasteiger partial charge >= 0.3 is 0 Å². The van der Waals surface area contributed by atoms with E-state index in [0.29, 0.717) is 19.7 Å². The van der Waals surface area contributed by atoms with Gasteiger partial charge < -0.3 is 15.4 Å². The lowest BCUT2D eigenvalue weighted by Crippen LogP contribution is -2.48. The van der Waals surface area contributed by atoms with Crippen molar-refractivity contribution in [3.05, 3.63) is 39.7 Å².